The molecule has 0 bridgehead atoms. The fourth-order valence-corrected chi connectivity index (χ4v) is 3.94. The maximum absolute atomic E-state index is 13.1. The molecule has 4 rings (SSSR count). The highest BCUT2D eigenvalue weighted by atomic mass is 32.2. The Hall–Kier alpha value is -3.27. The molecule has 4 aromatic rings. The van der Waals surface area contributed by atoms with Gasteiger partial charge in [-0.2, -0.15) is 5.10 Å². The smallest absolute Gasteiger partial charge is 0.177 e. The van der Waals surface area contributed by atoms with Crippen LogP contribution in [-0.4, -0.2) is 39.4 Å². The second-order valence-corrected chi connectivity index (χ2v) is 8.86. The predicted octanol–water partition coefficient (Wildman–Crippen LogP) is 3.17. The quantitative estimate of drug-likeness (QED) is 0.520. The minimum absolute atomic E-state index is 0.181. The van der Waals surface area contributed by atoms with Crippen molar-refractivity contribution in [2.45, 2.75) is 24.8 Å². The number of sulfone groups is 1. The van der Waals surface area contributed by atoms with E-state index in [0.717, 1.165) is 18.1 Å². The van der Waals surface area contributed by atoms with Crippen LogP contribution in [0.4, 0.5) is 10.2 Å². The van der Waals surface area contributed by atoms with Gasteiger partial charge >= 0.3 is 0 Å². The number of hydrogen-bond donors (Lipinski definition) is 2. The molecule has 0 aliphatic rings. The average molecular weight is 414 g/mol. The summed E-state index contributed by atoms with van der Waals surface area (Å²) in [5, 5.41) is 10.8. The molecule has 0 spiro atoms. The molecule has 0 radical (unpaired) electrons. The van der Waals surface area contributed by atoms with Crippen molar-refractivity contribution in [1.29, 1.82) is 0 Å². The molecule has 0 aromatic carbocycles. The zero-order valence-electron chi connectivity index (χ0n) is 16.0. The molecule has 0 saturated carbocycles. The normalized spacial score (nSPS) is 13.0. The summed E-state index contributed by atoms with van der Waals surface area (Å²) in [6, 6.07) is 7.94. The van der Waals surface area contributed by atoms with E-state index in [1.165, 1.54) is 12.3 Å². The fourth-order valence-electron chi connectivity index (χ4n) is 3.09. The zero-order chi connectivity index (χ0) is 20.8. The molecule has 0 aliphatic carbocycles. The molecule has 4 heterocycles. The van der Waals surface area contributed by atoms with E-state index in [4.69, 9.17) is 0 Å². The van der Waals surface area contributed by atoms with Crippen molar-refractivity contribution >= 4 is 26.7 Å². The van der Waals surface area contributed by atoms with Crippen LogP contribution in [0, 0.1) is 12.7 Å². The van der Waals surface area contributed by atoms with Crippen LogP contribution in [0.25, 0.3) is 16.9 Å². The number of H-pyrrole nitrogens is 1. The lowest BCUT2D eigenvalue weighted by Gasteiger charge is -2.14. The van der Waals surface area contributed by atoms with Gasteiger partial charge in [0.2, 0.25) is 0 Å². The number of hydrogen-bond acceptors (Lipinski definition) is 6. The molecule has 10 heteroatoms. The van der Waals surface area contributed by atoms with Gasteiger partial charge in [0, 0.05) is 29.6 Å². The number of pyridine rings is 2. The highest BCUT2D eigenvalue weighted by Gasteiger charge is 2.20. The molecule has 0 saturated heterocycles. The Kier molecular flexibility index (Phi) is 4.58. The van der Waals surface area contributed by atoms with Crippen molar-refractivity contribution in [3.63, 3.8) is 0 Å². The number of aromatic nitrogens is 5. The van der Waals surface area contributed by atoms with Gasteiger partial charge in [-0.15, -0.1) is 0 Å². The average Bonchev–Trinajstić information content (AvgIpc) is 3.25. The molecule has 0 fully saturated rings. The van der Waals surface area contributed by atoms with E-state index in [1.54, 1.807) is 28.8 Å². The summed E-state index contributed by atoms with van der Waals surface area (Å²) in [7, 11) is -3.46. The van der Waals surface area contributed by atoms with Gasteiger partial charge in [0.05, 0.1) is 22.8 Å². The number of aromatic amines is 1. The first kappa shape index (κ1) is 19.1. The van der Waals surface area contributed by atoms with Crippen LogP contribution < -0.4 is 5.32 Å². The van der Waals surface area contributed by atoms with Gasteiger partial charge in [-0.25, -0.2) is 17.8 Å². The molecule has 1 atom stereocenters. The summed E-state index contributed by atoms with van der Waals surface area (Å²) in [6.45, 7) is 3.74. The van der Waals surface area contributed by atoms with Crippen molar-refractivity contribution in [1.82, 2.24) is 24.7 Å². The second kappa shape index (κ2) is 6.96. The third-order valence-electron chi connectivity index (χ3n) is 4.51. The molecular formula is C19H19FN6O2S. The molecule has 0 aliphatic heterocycles. The van der Waals surface area contributed by atoms with E-state index in [0.29, 0.717) is 28.4 Å². The second-order valence-electron chi connectivity index (χ2n) is 6.88. The molecular weight excluding hydrogens is 395 g/mol. The van der Waals surface area contributed by atoms with Crippen LogP contribution in [0.3, 0.4) is 0 Å². The van der Waals surface area contributed by atoms with Crippen molar-refractivity contribution in [3.05, 3.63) is 59.9 Å². The van der Waals surface area contributed by atoms with Gasteiger partial charge in [0.15, 0.2) is 15.7 Å². The summed E-state index contributed by atoms with van der Waals surface area (Å²) >= 11 is 0. The zero-order valence-corrected chi connectivity index (χ0v) is 16.8. The standard InChI is InChI=1S/C19H19FN6O2S/c1-11-8-18(25-24-11)26-10-16(29(3,27)28)14-5-7-17(23-19(14)26)22-12(2)15-6-4-13(20)9-21-15/h4-10,12H,1-3H3,(H,22,23)(H,24,25)/t12-/m0/s1. The van der Waals surface area contributed by atoms with E-state index in [2.05, 4.69) is 25.5 Å². The van der Waals surface area contributed by atoms with Gasteiger partial charge in [0.25, 0.3) is 0 Å². The summed E-state index contributed by atoms with van der Waals surface area (Å²) in [6.07, 6.45) is 3.85. The van der Waals surface area contributed by atoms with Gasteiger partial charge in [-0.3, -0.25) is 14.6 Å². The SMILES string of the molecule is Cc1cc(-n2cc(S(C)(=O)=O)c3ccc(N[C@@H](C)c4ccc(F)cn4)nc32)n[nH]1. The van der Waals surface area contributed by atoms with E-state index < -0.39 is 15.7 Å². The van der Waals surface area contributed by atoms with Crippen molar-refractivity contribution < 1.29 is 12.8 Å². The first-order valence-corrected chi connectivity index (χ1v) is 10.7. The Morgan fingerprint density at radius 2 is 2.03 bits per heavy atom. The maximum Gasteiger partial charge on any atom is 0.177 e. The van der Waals surface area contributed by atoms with Crippen LogP contribution in [0.2, 0.25) is 0 Å². The number of halogens is 1. The number of aryl methyl sites for hydroxylation is 1. The summed E-state index contributed by atoms with van der Waals surface area (Å²) in [4.78, 5) is 8.87. The third kappa shape index (κ3) is 3.70. The maximum atomic E-state index is 13.1. The number of anilines is 1. The minimum Gasteiger partial charge on any atom is -0.362 e. The lowest BCUT2D eigenvalue weighted by molar-refractivity contribution is 0.602. The minimum atomic E-state index is -3.46. The molecule has 150 valence electrons. The first-order valence-electron chi connectivity index (χ1n) is 8.85. The van der Waals surface area contributed by atoms with Crippen molar-refractivity contribution in [2.24, 2.45) is 0 Å². The molecule has 0 unspecified atom stereocenters. The summed E-state index contributed by atoms with van der Waals surface area (Å²) in [5.74, 6) is 0.670. The Morgan fingerprint density at radius 3 is 2.66 bits per heavy atom. The van der Waals surface area contributed by atoms with E-state index in [9.17, 15) is 12.8 Å². The Labute approximate surface area is 166 Å². The van der Waals surface area contributed by atoms with Crippen LogP contribution in [-0.2, 0) is 9.84 Å². The van der Waals surface area contributed by atoms with Crippen molar-refractivity contribution in [3.8, 4) is 5.82 Å². The van der Waals surface area contributed by atoms with E-state index >= 15 is 0 Å². The molecule has 4 aromatic heterocycles. The Morgan fingerprint density at radius 1 is 1.24 bits per heavy atom. The molecule has 2 N–H and O–H groups in total. The number of nitrogens with zero attached hydrogens (tertiary/aromatic N) is 4. The first-order chi connectivity index (χ1) is 13.7. The monoisotopic (exact) mass is 414 g/mol. The van der Waals surface area contributed by atoms with E-state index in [1.807, 2.05) is 13.8 Å². The van der Waals surface area contributed by atoms with Crippen LogP contribution in [0.5, 0.6) is 0 Å². The van der Waals surface area contributed by atoms with Crippen molar-refractivity contribution in [2.75, 3.05) is 11.6 Å². The Balaban J connectivity index is 1.78. The molecule has 0 amide bonds. The molecule has 8 nitrogen and oxygen atoms in total. The lowest BCUT2D eigenvalue weighted by atomic mass is 10.2. The number of fused-ring (bicyclic) bond motifs is 1. The summed E-state index contributed by atoms with van der Waals surface area (Å²) < 4.78 is 39.2. The number of rotatable bonds is 5. The van der Waals surface area contributed by atoms with Crippen LogP contribution >= 0.6 is 0 Å². The van der Waals surface area contributed by atoms with Gasteiger partial charge in [0.1, 0.15) is 17.3 Å². The predicted molar refractivity (Wildman–Crippen MR) is 107 cm³/mol. The highest BCUT2D eigenvalue weighted by Crippen LogP contribution is 2.29. The topological polar surface area (TPSA) is 106 Å². The number of nitrogens with one attached hydrogen (secondary N) is 2. The highest BCUT2D eigenvalue weighted by molar-refractivity contribution is 7.91. The van der Waals surface area contributed by atoms with Crippen LogP contribution in [0.15, 0.2) is 47.6 Å². The van der Waals surface area contributed by atoms with Gasteiger partial charge in [-0.1, -0.05) is 0 Å². The van der Waals surface area contributed by atoms with Crippen LogP contribution in [0.1, 0.15) is 24.4 Å². The van der Waals surface area contributed by atoms with E-state index in [-0.39, 0.29) is 10.9 Å². The molecule has 29 heavy (non-hydrogen) atoms. The lowest BCUT2D eigenvalue weighted by Crippen LogP contribution is -2.10. The van der Waals surface area contributed by atoms with Gasteiger partial charge < -0.3 is 5.32 Å². The van der Waals surface area contributed by atoms with Gasteiger partial charge in [-0.05, 0) is 38.1 Å². The summed E-state index contributed by atoms with van der Waals surface area (Å²) in [5.41, 5.74) is 1.96. The Bertz CT molecular complexity index is 1290. The largest absolute Gasteiger partial charge is 0.362 e. The fraction of sp³-hybridized carbons (Fsp3) is 0.211. The third-order valence-corrected chi connectivity index (χ3v) is 5.64.